The van der Waals surface area contributed by atoms with Gasteiger partial charge in [0, 0.05) is 30.1 Å². The predicted molar refractivity (Wildman–Crippen MR) is 142 cm³/mol. The first-order valence-corrected chi connectivity index (χ1v) is 12.8. The number of carboxylic acid groups (broad SMARTS) is 1. The molecule has 0 aromatic rings. The number of carbonyl (C=O) groups excluding carboxylic acids is 6. The maximum Gasteiger partial charge on any atom is 0.327 e. The number of carbonyl (C=O) groups is 7. The first-order valence-electron chi connectivity index (χ1n) is 10.9. The molecule has 11 N–H and O–H groups in total. The molecule has 0 saturated heterocycles. The Morgan fingerprint density at radius 1 is 0.595 bits per heavy atom. The average molecular weight is 584 g/mol. The summed E-state index contributed by atoms with van der Waals surface area (Å²) < 4.78 is 0. The molecule has 0 fully saturated rings. The van der Waals surface area contributed by atoms with Gasteiger partial charge in [-0.05, 0) is 12.8 Å². The smallest absolute Gasteiger partial charge is 0.327 e. The summed E-state index contributed by atoms with van der Waals surface area (Å²) in [5.74, 6) is -6.83. The highest BCUT2D eigenvalue weighted by molar-refractivity contribution is 7.80. The van der Waals surface area contributed by atoms with Crippen LogP contribution in [0, 0.1) is 0 Å². The van der Waals surface area contributed by atoms with Crippen LogP contribution in [-0.2, 0) is 33.6 Å². The van der Waals surface area contributed by atoms with E-state index in [4.69, 9.17) is 22.3 Å². The third-order valence-electron chi connectivity index (χ3n) is 4.77. The number of thiol groups is 3. The first-order chi connectivity index (χ1) is 17.3. The topological polar surface area (TPSA) is 266 Å². The minimum Gasteiger partial charge on any atom is -0.480 e. The molecule has 0 aliphatic carbocycles. The van der Waals surface area contributed by atoms with Crippen LogP contribution in [0.3, 0.4) is 0 Å². The number of aliphatic carboxylic acids is 1. The van der Waals surface area contributed by atoms with Gasteiger partial charge in [-0.25, -0.2) is 4.79 Å². The number of nitrogens with one attached hydrogen (secondary N) is 4. The summed E-state index contributed by atoms with van der Waals surface area (Å²) in [4.78, 5) is 84.1. The van der Waals surface area contributed by atoms with E-state index < -0.39 is 71.6 Å². The number of amides is 6. The van der Waals surface area contributed by atoms with Crippen LogP contribution in [0.5, 0.6) is 0 Å². The summed E-state index contributed by atoms with van der Waals surface area (Å²) in [5.41, 5.74) is 15.8. The molecule has 0 heterocycles. The highest BCUT2D eigenvalue weighted by atomic mass is 32.1. The molecule has 0 saturated carbocycles. The number of hydrogen-bond donors (Lipinski definition) is 11. The minimum absolute atomic E-state index is 0.00109. The summed E-state index contributed by atoms with van der Waals surface area (Å²) in [5, 5.41) is 18.3. The number of nitrogens with two attached hydrogens (primary N) is 3. The lowest BCUT2D eigenvalue weighted by molar-refractivity contribution is -0.141. The Kier molecular flexibility index (Phi) is 16.4. The monoisotopic (exact) mass is 583 g/mol. The van der Waals surface area contributed by atoms with Gasteiger partial charge in [-0.1, -0.05) is 0 Å². The van der Waals surface area contributed by atoms with Gasteiger partial charge in [0.25, 0.3) is 0 Å². The van der Waals surface area contributed by atoms with Gasteiger partial charge in [0.2, 0.25) is 35.4 Å². The Balaban J connectivity index is 5.72. The molecule has 18 heteroatoms. The maximum absolute atomic E-state index is 13.0. The predicted octanol–water partition coefficient (Wildman–Crippen LogP) is -4.34. The van der Waals surface area contributed by atoms with Gasteiger partial charge in [-0.2, -0.15) is 37.9 Å². The molecule has 0 rings (SSSR count). The molecule has 15 nitrogen and oxygen atoms in total. The number of rotatable bonds is 18. The molecular weight excluding hydrogens is 550 g/mol. The number of hydrogen-bond acceptors (Lipinski definition) is 11. The fraction of sp³-hybridized carbons (Fsp3) is 0.632. The van der Waals surface area contributed by atoms with E-state index in [0.29, 0.717) is 0 Å². The molecule has 5 atom stereocenters. The van der Waals surface area contributed by atoms with Crippen molar-refractivity contribution in [3.05, 3.63) is 0 Å². The van der Waals surface area contributed by atoms with Crippen molar-refractivity contribution in [2.24, 2.45) is 17.2 Å². The van der Waals surface area contributed by atoms with Crippen molar-refractivity contribution in [3.8, 4) is 0 Å². The lowest BCUT2D eigenvalue weighted by Gasteiger charge is -2.25. The van der Waals surface area contributed by atoms with Crippen LogP contribution < -0.4 is 38.5 Å². The van der Waals surface area contributed by atoms with E-state index in [2.05, 4.69) is 59.2 Å². The van der Waals surface area contributed by atoms with E-state index in [-0.39, 0.29) is 42.9 Å². The summed E-state index contributed by atoms with van der Waals surface area (Å²) in [7, 11) is 0. The van der Waals surface area contributed by atoms with Crippen molar-refractivity contribution < 1.29 is 38.7 Å². The van der Waals surface area contributed by atoms with Crippen molar-refractivity contribution >= 4 is 79.3 Å². The molecule has 0 aromatic carbocycles. The van der Waals surface area contributed by atoms with E-state index in [0.717, 1.165) is 0 Å². The van der Waals surface area contributed by atoms with Gasteiger partial charge in [-0.15, -0.1) is 0 Å². The quantitative estimate of drug-likeness (QED) is 0.0695. The van der Waals surface area contributed by atoms with Gasteiger partial charge in [-0.3, -0.25) is 28.8 Å². The zero-order chi connectivity index (χ0) is 28.7. The van der Waals surface area contributed by atoms with Gasteiger partial charge in [0.1, 0.15) is 24.2 Å². The van der Waals surface area contributed by atoms with Crippen LogP contribution in [0.4, 0.5) is 0 Å². The first kappa shape index (κ1) is 34.3. The molecule has 210 valence electrons. The van der Waals surface area contributed by atoms with Crippen molar-refractivity contribution in [2.75, 3.05) is 17.3 Å². The summed E-state index contributed by atoms with van der Waals surface area (Å²) in [6.45, 7) is 0. The Morgan fingerprint density at radius 2 is 0.946 bits per heavy atom. The van der Waals surface area contributed by atoms with Gasteiger partial charge < -0.3 is 43.6 Å². The van der Waals surface area contributed by atoms with Crippen LogP contribution in [0.25, 0.3) is 0 Å². The van der Waals surface area contributed by atoms with Gasteiger partial charge in [0.15, 0.2) is 0 Å². The SMILES string of the molecule is NC(=O)CC[C@H](NC(=O)[C@H](CCC(N)=O)NC(=O)[C@H](CS)NC(=O)[C@@H](N)CS)C(=O)N[C@@H](CS)C(=O)O. The van der Waals surface area contributed by atoms with Gasteiger partial charge in [0.05, 0.1) is 6.04 Å². The summed E-state index contributed by atoms with van der Waals surface area (Å²) >= 11 is 11.8. The molecule has 0 radical (unpaired) electrons. The second-order valence-corrected chi connectivity index (χ2v) is 8.84. The van der Waals surface area contributed by atoms with E-state index >= 15 is 0 Å². The molecule has 0 spiro atoms. The van der Waals surface area contributed by atoms with E-state index in [1.54, 1.807) is 0 Å². The lowest BCUT2D eigenvalue weighted by atomic mass is 10.1. The lowest BCUT2D eigenvalue weighted by Crippen LogP contribution is -2.59. The van der Waals surface area contributed by atoms with E-state index in [1.807, 2.05) is 0 Å². The third kappa shape index (κ3) is 13.4. The van der Waals surface area contributed by atoms with Crippen LogP contribution in [0.15, 0.2) is 0 Å². The van der Waals surface area contributed by atoms with Crippen LogP contribution in [0.2, 0.25) is 0 Å². The van der Waals surface area contributed by atoms with E-state index in [9.17, 15) is 33.6 Å². The number of carboxylic acids is 1. The summed E-state index contributed by atoms with van der Waals surface area (Å²) in [6, 6.07) is -6.46. The van der Waals surface area contributed by atoms with Crippen molar-refractivity contribution in [1.82, 2.24) is 21.3 Å². The summed E-state index contributed by atoms with van der Waals surface area (Å²) in [6.07, 6.45) is -1.25. The van der Waals surface area contributed by atoms with Crippen LogP contribution >= 0.6 is 37.9 Å². The average Bonchev–Trinajstić information content (AvgIpc) is 2.84. The second kappa shape index (κ2) is 17.7. The molecule has 6 amide bonds. The maximum atomic E-state index is 13.0. The normalized spacial score (nSPS) is 14.7. The number of primary amides is 2. The molecular formula is C19H33N7O8S3. The van der Waals surface area contributed by atoms with E-state index in [1.165, 1.54) is 0 Å². The fourth-order valence-corrected chi connectivity index (χ4v) is 3.34. The van der Waals surface area contributed by atoms with Crippen molar-refractivity contribution in [3.63, 3.8) is 0 Å². The zero-order valence-corrected chi connectivity index (χ0v) is 22.4. The Hall–Kier alpha value is -2.70. The van der Waals surface area contributed by atoms with Crippen molar-refractivity contribution in [1.29, 1.82) is 0 Å². The Morgan fingerprint density at radius 3 is 1.27 bits per heavy atom. The third-order valence-corrected chi connectivity index (χ3v) is 5.89. The second-order valence-electron chi connectivity index (χ2n) is 7.75. The van der Waals surface area contributed by atoms with Crippen molar-refractivity contribution in [2.45, 2.75) is 55.9 Å². The molecule has 37 heavy (non-hydrogen) atoms. The molecule has 0 aliphatic rings. The van der Waals surface area contributed by atoms with Crippen LogP contribution in [-0.4, -0.2) is 94.0 Å². The Labute approximate surface area is 229 Å². The minimum atomic E-state index is -1.43. The fourth-order valence-electron chi connectivity index (χ4n) is 2.67. The highest BCUT2D eigenvalue weighted by Crippen LogP contribution is 2.05. The molecule has 0 bridgehead atoms. The Bertz CT molecular complexity index is 864. The standard InChI is InChI=1S/C19H33N7O8S3/c20-8(5-35)15(29)25-11(6-36)18(32)24-9(1-3-13(21)27)16(30)23-10(2-4-14(22)28)17(31)26-12(7-37)19(33)34/h8-12,35-37H,1-7,20H2,(H2,21,27)(H2,22,28)(H,23,30)(H,24,32)(H,25,29)(H,26,31)(H,33,34)/t8-,9-,10-,11-,12-/m0/s1. The van der Waals surface area contributed by atoms with Crippen LogP contribution in [0.1, 0.15) is 25.7 Å². The molecule has 0 unspecified atom stereocenters. The van der Waals surface area contributed by atoms with Gasteiger partial charge >= 0.3 is 5.97 Å². The largest absolute Gasteiger partial charge is 0.480 e. The zero-order valence-electron chi connectivity index (χ0n) is 19.7. The molecule has 0 aliphatic heterocycles. The molecule has 0 aromatic heterocycles. The highest BCUT2D eigenvalue weighted by Gasteiger charge is 2.31.